The number of aromatic nitrogens is 3. The molecule has 0 aliphatic carbocycles. The molecule has 8 heteroatoms. The Labute approximate surface area is 198 Å². The number of esters is 1. The summed E-state index contributed by atoms with van der Waals surface area (Å²) in [7, 11) is 0. The highest BCUT2D eigenvalue weighted by molar-refractivity contribution is 6.06. The highest BCUT2D eigenvalue weighted by atomic mass is 16.5. The van der Waals surface area contributed by atoms with Gasteiger partial charge in [0.05, 0.1) is 23.6 Å². The monoisotopic (exact) mass is 460 g/mol. The number of hydrogen-bond donors (Lipinski definition) is 1. The number of nitrogens with one attached hydrogen (secondary N) is 1. The van der Waals surface area contributed by atoms with E-state index in [1.807, 2.05) is 63.2 Å². The van der Waals surface area contributed by atoms with Crippen molar-refractivity contribution in [1.82, 2.24) is 14.5 Å². The van der Waals surface area contributed by atoms with Crippen molar-refractivity contribution in [2.45, 2.75) is 34.2 Å². The lowest BCUT2D eigenvalue weighted by Crippen LogP contribution is -2.29. The van der Waals surface area contributed by atoms with Crippen molar-refractivity contribution in [2.75, 3.05) is 18.6 Å². The van der Waals surface area contributed by atoms with Crippen LogP contribution >= 0.6 is 0 Å². The molecule has 0 atom stereocenters. The zero-order valence-electron chi connectivity index (χ0n) is 19.8. The van der Waals surface area contributed by atoms with Gasteiger partial charge in [-0.05, 0) is 57.5 Å². The van der Waals surface area contributed by atoms with Gasteiger partial charge in [-0.3, -0.25) is 4.79 Å². The Morgan fingerprint density at radius 2 is 1.79 bits per heavy atom. The Balaban J connectivity index is 1.61. The van der Waals surface area contributed by atoms with Gasteiger partial charge < -0.3 is 14.0 Å². The second-order valence-corrected chi connectivity index (χ2v) is 8.09. The van der Waals surface area contributed by atoms with Gasteiger partial charge in [-0.15, -0.1) is 0 Å². The summed E-state index contributed by atoms with van der Waals surface area (Å²) in [6, 6.07) is 17.4. The van der Waals surface area contributed by atoms with E-state index in [4.69, 9.17) is 9.47 Å². The fraction of sp³-hybridized carbons (Fsp3) is 0.269. The topological polar surface area (TPSA) is 87.4 Å². The zero-order valence-corrected chi connectivity index (χ0v) is 19.8. The largest absolute Gasteiger partial charge is 0.484 e. The Hall–Kier alpha value is -4.07. The molecule has 0 bridgehead atoms. The van der Waals surface area contributed by atoms with Crippen LogP contribution in [0.3, 0.4) is 0 Å². The van der Waals surface area contributed by atoms with Gasteiger partial charge in [0.15, 0.2) is 6.61 Å². The van der Waals surface area contributed by atoms with Crippen molar-refractivity contribution in [3.05, 3.63) is 82.8 Å². The summed E-state index contributed by atoms with van der Waals surface area (Å²) >= 11 is 0. The third-order valence-electron chi connectivity index (χ3n) is 5.57. The molecule has 0 unspecified atom stereocenters. The normalized spacial score (nSPS) is 10.9. The molecule has 2 heterocycles. The van der Waals surface area contributed by atoms with Gasteiger partial charge in [0.25, 0.3) is 5.91 Å². The van der Waals surface area contributed by atoms with Crippen LogP contribution in [0.4, 0.5) is 0 Å². The van der Waals surface area contributed by atoms with Crippen molar-refractivity contribution in [3.63, 3.8) is 0 Å². The number of carbonyl (C=O) groups excluding carboxylic acids is 2. The molecule has 34 heavy (non-hydrogen) atoms. The third kappa shape index (κ3) is 4.80. The second-order valence-electron chi connectivity index (χ2n) is 8.09. The van der Waals surface area contributed by atoms with Crippen molar-refractivity contribution in [2.24, 2.45) is 0 Å². The standard InChI is InChI=1S/C26H28N4O4/c1-5-33-26(32)25-19(4)29(15-20-9-7-6-8-10-20)23-12-11-21(14-22(23)25)34-16-24(31)28-30-18(3)13-17(2)27-30/h6-14H,5,15-16H2,1-4H3,(H,28,31). The first-order valence-corrected chi connectivity index (χ1v) is 11.2. The van der Waals surface area contributed by atoms with Crippen LogP contribution in [0.1, 0.15) is 39.9 Å². The first-order chi connectivity index (χ1) is 16.4. The molecule has 0 radical (unpaired) electrons. The number of nitrogens with zero attached hydrogens (tertiary/aromatic N) is 3. The lowest BCUT2D eigenvalue weighted by Gasteiger charge is -2.10. The van der Waals surface area contributed by atoms with Crippen LogP contribution in [-0.2, 0) is 16.1 Å². The lowest BCUT2D eigenvalue weighted by atomic mass is 10.1. The fourth-order valence-corrected chi connectivity index (χ4v) is 4.02. The maximum absolute atomic E-state index is 12.8. The molecule has 0 aliphatic rings. The van der Waals surface area contributed by atoms with E-state index in [1.54, 1.807) is 19.1 Å². The van der Waals surface area contributed by atoms with Crippen molar-refractivity contribution >= 4 is 22.8 Å². The Kier molecular flexibility index (Phi) is 6.67. The first kappa shape index (κ1) is 23.1. The zero-order chi connectivity index (χ0) is 24.2. The van der Waals surface area contributed by atoms with Gasteiger partial charge >= 0.3 is 5.97 Å². The summed E-state index contributed by atoms with van der Waals surface area (Å²) in [5.41, 5.74) is 7.66. The maximum Gasteiger partial charge on any atom is 0.340 e. The molecule has 1 amide bonds. The number of rotatable bonds is 8. The van der Waals surface area contributed by atoms with Crippen LogP contribution < -0.4 is 10.2 Å². The quantitative estimate of drug-likeness (QED) is 0.400. The molecule has 8 nitrogen and oxygen atoms in total. The summed E-state index contributed by atoms with van der Waals surface area (Å²) < 4.78 is 13.2. The van der Waals surface area contributed by atoms with E-state index in [1.165, 1.54) is 4.79 Å². The lowest BCUT2D eigenvalue weighted by molar-refractivity contribution is -0.119. The maximum atomic E-state index is 12.8. The predicted octanol–water partition coefficient (Wildman–Crippen LogP) is 4.14. The predicted molar refractivity (Wildman–Crippen MR) is 130 cm³/mol. The fourth-order valence-electron chi connectivity index (χ4n) is 4.02. The van der Waals surface area contributed by atoms with Crippen LogP contribution in [0.5, 0.6) is 5.75 Å². The minimum Gasteiger partial charge on any atom is -0.484 e. The van der Waals surface area contributed by atoms with E-state index < -0.39 is 0 Å². The summed E-state index contributed by atoms with van der Waals surface area (Å²) in [5, 5.41) is 4.94. The van der Waals surface area contributed by atoms with Gasteiger partial charge in [0.2, 0.25) is 0 Å². The van der Waals surface area contributed by atoms with Crippen molar-refractivity contribution in [3.8, 4) is 5.75 Å². The van der Waals surface area contributed by atoms with E-state index in [9.17, 15) is 9.59 Å². The number of hydrogen-bond acceptors (Lipinski definition) is 5. The average molecular weight is 461 g/mol. The van der Waals surface area contributed by atoms with E-state index in [-0.39, 0.29) is 25.1 Å². The van der Waals surface area contributed by atoms with Crippen LogP contribution in [0.15, 0.2) is 54.6 Å². The number of aryl methyl sites for hydroxylation is 2. The summed E-state index contributed by atoms with van der Waals surface area (Å²) in [6.07, 6.45) is 0. The van der Waals surface area contributed by atoms with Crippen LogP contribution in [0.25, 0.3) is 10.9 Å². The van der Waals surface area contributed by atoms with E-state index in [0.29, 0.717) is 17.9 Å². The van der Waals surface area contributed by atoms with Crippen molar-refractivity contribution < 1.29 is 19.1 Å². The van der Waals surface area contributed by atoms with E-state index in [2.05, 4.69) is 15.1 Å². The Morgan fingerprint density at radius 3 is 2.47 bits per heavy atom. The summed E-state index contributed by atoms with van der Waals surface area (Å²) in [5.74, 6) is -0.232. The molecule has 2 aromatic heterocycles. The van der Waals surface area contributed by atoms with Gasteiger partial charge in [-0.2, -0.15) is 9.89 Å². The van der Waals surface area contributed by atoms with Gasteiger partial charge in [-0.25, -0.2) is 10.2 Å². The van der Waals surface area contributed by atoms with Crippen LogP contribution in [-0.4, -0.2) is 39.5 Å². The Morgan fingerprint density at radius 1 is 1.03 bits per heavy atom. The smallest absolute Gasteiger partial charge is 0.340 e. The highest BCUT2D eigenvalue weighted by Crippen LogP contribution is 2.31. The molecule has 0 fully saturated rings. The molecule has 0 spiro atoms. The molecular formula is C26H28N4O4. The van der Waals surface area contributed by atoms with Crippen LogP contribution in [0.2, 0.25) is 0 Å². The summed E-state index contributed by atoms with van der Waals surface area (Å²) in [4.78, 5) is 26.6. The molecule has 4 aromatic rings. The number of amides is 1. The SMILES string of the molecule is CCOC(=O)c1c(C)n(Cc2ccccc2)c2ccc(OCC(=O)Nn3nc(C)cc3C)cc12. The molecular weight excluding hydrogens is 432 g/mol. The first-order valence-electron chi connectivity index (χ1n) is 11.2. The number of benzene rings is 2. The van der Waals surface area contributed by atoms with Crippen molar-refractivity contribution in [1.29, 1.82) is 0 Å². The highest BCUT2D eigenvalue weighted by Gasteiger charge is 2.22. The third-order valence-corrected chi connectivity index (χ3v) is 5.57. The summed E-state index contributed by atoms with van der Waals surface area (Å²) in [6.45, 7) is 8.12. The second kappa shape index (κ2) is 9.82. The molecule has 176 valence electrons. The number of ether oxygens (including phenoxy) is 2. The van der Waals surface area contributed by atoms with Crippen LogP contribution in [0, 0.1) is 20.8 Å². The molecule has 1 N–H and O–H groups in total. The molecule has 0 saturated heterocycles. The Bertz CT molecular complexity index is 1340. The molecule has 0 aliphatic heterocycles. The minimum atomic E-state index is -0.378. The average Bonchev–Trinajstić information content (AvgIpc) is 3.27. The van der Waals surface area contributed by atoms with Gasteiger partial charge in [0, 0.05) is 23.1 Å². The van der Waals surface area contributed by atoms with Gasteiger partial charge in [-0.1, -0.05) is 30.3 Å². The molecule has 4 rings (SSSR count). The van der Waals surface area contributed by atoms with E-state index >= 15 is 0 Å². The number of fused-ring (bicyclic) bond motifs is 1. The molecule has 2 aromatic carbocycles. The number of carbonyl (C=O) groups is 2. The van der Waals surface area contributed by atoms with Gasteiger partial charge in [0.1, 0.15) is 5.75 Å². The minimum absolute atomic E-state index is 0.192. The van der Waals surface area contributed by atoms with E-state index in [0.717, 1.165) is 33.5 Å². The molecule has 0 saturated carbocycles.